The standard InChI is InChI=1S/C22H21ClINO5S/c1-28-9-3-8-25-21(26)19(31-22(25)27)12-15-10-17(23)20(18(11-15)29-2)30-13-14-4-6-16(24)7-5-14/h4-7,10-12H,3,8-9,13H2,1-2H3/b19-12+. The number of carbonyl (C=O) groups excluding carboxylic acids is 2. The Bertz CT molecular complexity index is 996. The van der Waals surface area contributed by atoms with Crippen molar-refractivity contribution in [2.45, 2.75) is 13.0 Å². The van der Waals surface area contributed by atoms with Crippen LogP contribution in [-0.4, -0.2) is 43.4 Å². The lowest BCUT2D eigenvalue weighted by atomic mass is 10.1. The molecule has 1 saturated heterocycles. The number of halogens is 2. The molecule has 164 valence electrons. The number of thioether (sulfide) groups is 1. The Balaban J connectivity index is 1.77. The van der Waals surface area contributed by atoms with E-state index in [9.17, 15) is 9.59 Å². The second-order valence-electron chi connectivity index (χ2n) is 6.63. The van der Waals surface area contributed by atoms with Crippen molar-refractivity contribution < 1.29 is 23.8 Å². The molecule has 0 bridgehead atoms. The lowest BCUT2D eigenvalue weighted by molar-refractivity contribution is -0.122. The molecule has 31 heavy (non-hydrogen) atoms. The molecule has 3 rings (SSSR count). The fourth-order valence-corrected chi connectivity index (χ4v) is 4.41. The Morgan fingerprint density at radius 1 is 1.16 bits per heavy atom. The number of methoxy groups -OCH3 is 2. The van der Waals surface area contributed by atoms with Crippen LogP contribution in [0, 0.1) is 3.57 Å². The van der Waals surface area contributed by atoms with Gasteiger partial charge in [-0.2, -0.15) is 0 Å². The summed E-state index contributed by atoms with van der Waals surface area (Å²) in [5, 5.41) is 0.0679. The van der Waals surface area contributed by atoms with Gasteiger partial charge >= 0.3 is 0 Å². The smallest absolute Gasteiger partial charge is 0.293 e. The van der Waals surface area contributed by atoms with E-state index in [1.807, 2.05) is 24.3 Å². The van der Waals surface area contributed by atoms with Gasteiger partial charge in [0.1, 0.15) is 6.61 Å². The van der Waals surface area contributed by atoms with E-state index in [1.54, 1.807) is 25.3 Å². The second-order valence-corrected chi connectivity index (χ2v) is 9.27. The second kappa shape index (κ2) is 11.2. The van der Waals surface area contributed by atoms with Gasteiger partial charge in [0.25, 0.3) is 11.1 Å². The molecule has 0 radical (unpaired) electrons. The summed E-state index contributed by atoms with van der Waals surface area (Å²) in [4.78, 5) is 26.3. The van der Waals surface area contributed by atoms with E-state index < -0.39 is 0 Å². The van der Waals surface area contributed by atoms with Crippen molar-refractivity contribution in [3.63, 3.8) is 0 Å². The lowest BCUT2D eigenvalue weighted by Gasteiger charge is -2.14. The van der Waals surface area contributed by atoms with Crippen LogP contribution in [0.15, 0.2) is 41.3 Å². The summed E-state index contributed by atoms with van der Waals surface area (Å²) in [6.45, 7) is 1.15. The van der Waals surface area contributed by atoms with Gasteiger partial charge in [-0.25, -0.2) is 0 Å². The molecule has 1 aliphatic heterocycles. The third-order valence-corrected chi connectivity index (χ3v) is 6.36. The van der Waals surface area contributed by atoms with Crippen LogP contribution in [-0.2, 0) is 16.1 Å². The molecule has 9 heteroatoms. The SMILES string of the molecule is COCCCN1C(=O)S/C(=C/c2cc(Cl)c(OCc3ccc(I)cc3)c(OC)c2)C1=O. The number of carbonyl (C=O) groups is 2. The van der Waals surface area contributed by atoms with E-state index in [4.69, 9.17) is 25.8 Å². The summed E-state index contributed by atoms with van der Waals surface area (Å²) >= 11 is 9.60. The monoisotopic (exact) mass is 573 g/mol. The molecule has 0 unspecified atom stereocenters. The molecule has 0 aromatic heterocycles. The molecule has 0 spiro atoms. The maximum Gasteiger partial charge on any atom is 0.293 e. The minimum Gasteiger partial charge on any atom is -0.493 e. The summed E-state index contributed by atoms with van der Waals surface area (Å²) < 4.78 is 17.5. The lowest BCUT2D eigenvalue weighted by Crippen LogP contribution is -2.29. The van der Waals surface area contributed by atoms with Crippen molar-refractivity contribution in [1.29, 1.82) is 0 Å². The Morgan fingerprint density at radius 2 is 1.90 bits per heavy atom. The van der Waals surface area contributed by atoms with Crippen LogP contribution in [0.25, 0.3) is 6.08 Å². The number of rotatable bonds is 9. The third kappa shape index (κ3) is 6.15. The maximum atomic E-state index is 12.6. The summed E-state index contributed by atoms with van der Waals surface area (Å²) in [6, 6.07) is 11.4. The predicted molar refractivity (Wildman–Crippen MR) is 131 cm³/mol. The highest BCUT2D eigenvalue weighted by molar-refractivity contribution is 14.1. The first-order valence-electron chi connectivity index (χ1n) is 9.42. The molecule has 1 heterocycles. The van der Waals surface area contributed by atoms with Gasteiger partial charge in [-0.15, -0.1) is 0 Å². The van der Waals surface area contributed by atoms with Gasteiger partial charge in [0, 0.05) is 23.8 Å². The quantitative estimate of drug-likeness (QED) is 0.221. The van der Waals surface area contributed by atoms with Crippen molar-refractivity contribution in [2.24, 2.45) is 0 Å². The van der Waals surface area contributed by atoms with Crippen molar-refractivity contribution in [3.05, 3.63) is 61.0 Å². The van der Waals surface area contributed by atoms with Gasteiger partial charge in [-0.05, 0) is 82.2 Å². The van der Waals surface area contributed by atoms with Crippen LogP contribution in [0.1, 0.15) is 17.5 Å². The molecule has 0 atom stereocenters. The van der Waals surface area contributed by atoms with Crippen LogP contribution >= 0.6 is 46.0 Å². The molecule has 6 nitrogen and oxygen atoms in total. The van der Waals surface area contributed by atoms with Crippen molar-refractivity contribution in [3.8, 4) is 11.5 Å². The third-order valence-electron chi connectivity index (χ3n) is 4.45. The topological polar surface area (TPSA) is 65.1 Å². The van der Waals surface area contributed by atoms with Gasteiger partial charge in [0.05, 0.1) is 17.0 Å². The molecular formula is C22H21ClINO5S. The molecule has 2 aromatic rings. The number of amides is 2. The number of benzene rings is 2. The first-order valence-corrected chi connectivity index (χ1v) is 11.7. The summed E-state index contributed by atoms with van der Waals surface area (Å²) in [5.74, 6) is 0.552. The Labute approximate surface area is 204 Å². The fraction of sp³-hybridized carbons (Fsp3) is 0.273. The average Bonchev–Trinajstić information content (AvgIpc) is 3.01. The number of hydrogen-bond acceptors (Lipinski definition) is 6. The van der Waals surface area contributed by atoms with Gasteiger partial charge < -0.3 is 14.2 Å². The maximum absolute atomic E-state index is 12.6. The molecule has 1 fully saturated rings. The fourth-order valence-electron chi connectivity index (χ4n) is 2.91. The summed E-state index contributed by atoms with van der Waals surface area (Å²) in [6.07, 6.45) is 2.23. The zero-order chi connectivity index (χ0) is 22.4. The first-order chi connectivity index (χ1) is 14.9. The minimum atomic E-state index is -0.319. The predicted octanol–water partition coefficient (Wildman–Crippen LogP) is 5.61. The highest BCUT2D eigenvalue weighted by Crippen LogP contribution is 2.39. The van der Waals surface area contributed by atoms with Crippen molar-refractivity contribution >= 4 is 63.2 Å². The highest BCUT2D eigenvalue weighted by Gasteiger charge is 2.34. The zero-order valence-corrected chi connectivity index (χ0v) is 20.8. The molecule has 0 N–H and O–H groups in total. The summed E-state index contributed by atoms with van der Waals surface area (Å²) in [7, 11) is 3.11. The molecular weight excluding hydrogens is 553 g/mol. The summed E-state index contributed by atoms with van der Waals surface area (Å²) in [5.41, 5.74) is 1.65. The average molecular weight is 574 g/mol. The van der Waals surface area contributed by atoms with E-state index in [1.165, 1.54) is 12.0 Å². The van der Waals surface area contributed by atoms with Gasteiger partial charge in [0.15, 0.2) is 11.5 Å². The number of imide groups is 1. The zero-order valence-electron chi connectivity index (χ0n) is 17.0. The molecule has 0 saturated carbocycles. The highest BCUT2D eigenvalue weighted by atomic mass is 127. The van der Waals surface area contributed by atoms with Crippen LogP contribution in [0.2, 0.25) is 5.02 Å². The number of nitrogens with zero attached hydrogens (tertiary/aromatic N) is 1. The number of hydrogen-bond donors (Lipinski definition) is 0. The Morgan fingerprint density at radius 3 is 2.58 bits per heavy atom. The largest absolute Gasteiger partial charge is 0.493 e. The van der Waals surface area contributed by atoms with Crippen LogP contribution in [0.3, 0.4) is 0 Å². The van der Waals surface area contributed by atoms with E-state index in [0.29, 0.717) is 53.2 Å². The van der Waals surface area contributed by atoms with Crippen LogP contribution in [0.5, 0.6) is 11.5 Å². The normalized spacial score (nSPS) is 15.1. The number of ether oxygens (including phenoxy) is 3. The first kappa shape index (κ1) is 23.9. The van der Waals surface area contributed by atoms with Crippen molar-refractivity contribution in [2.75, 3.05) is 27.4 Å². The minimum absolute atomic E-state index is 0.289. The van der Waals surface area contributed by atoms with E-state index in [2.05, 4.69) is 22.6 Å². The Hall–Kier alpha value is -1.75. The molecule has 2 amide bonds. The van der Waals surface area contributed by atoms with Gasteiger partial charge in [0.2, 0.25) is 0 Å². The van der Waals surface area contributed by atoms with Gasteiger partial charge in [-0.1, -0.05) is 23.7 Å². The molecule has 2 aromatic carbocycles. The molecule has 1 aliphatic rings. The molecule has 0 aliphatic carbocycles. The van der Waals surface area contributed by atoms with E-state index in [0.717, 1.165) is 20.9 Å². The van der Waals surface area contributed by atoms with E-state index in [-0.39, 0.29) is 11.1 Å². The van der Waals surface area contributed by atoms with Gasteiger partial charge in [-0.3, -0.25) is 14.5 Å². The van der Waals surface area contributed by atoms with Crippen molar-refractivity contribution in [1.82, 2.24) is 4.90 Å². The van der Waals surface area contributed by atoms with Crippen LogP contribution in [0.4, 0.5) is 4.79 Å². The van der Waals surface area contributed by atoms with Crippen LogP contribution < -0.4 is 9.47 Å². The van der Waals surface area contributed by atoms with E-state index >= 15 is 0 Å². The Kier molecular flexibility index (Phi) is 8.65.